The topological polar surface area (TPSA) is 39.2 Å². The van der Waals surface area contributed by atoms with Crippen LogP contribution in [0.25, 0.3) is 0 Å². The maximum Gasteiger partial charge on any atom is 0.224 e. The summed E-state index contributed by atoms with van der Waals surface area (Å²) in [6, 6.07) is 7.77. The van der Waals surface area contributed by atoms with Crippen molar-refractivity contribution in [3.8, 4) is 5.88 Å². The van der Waals surface area contributed by atoms with Gasteiger partial charge in [0.15, 0.2) is 5.78 Å². The molecule has 1 aromatic heterocycles. The van der Waals surface area contributed by atoms with Gasteiger partial charge in [-0.05, 0) is 35.9 Å². The van der Waals surface area contributed by atoms with Crippen molar-refractivity contribution in [2.24, 2.45) is 0 Å². The lowest BCUT2D eigenvalue weighted by Gasteiger charge is -2.07. The first kappa shape index (κ1) is 13.7. The first-order valence-electron chi connectivity index (χ1n) is 5.58. The summed E-state index contributed by atoms with van der Waals surface area (Å²) in [5.74, 6) is -0.385. The third-order valence-electron chi connectivity index (χ3n) is 2.62. The number of rotatable bonds is 4. The summed E-state index contributed by atoms with van der Waals surface area (Å²) in [7, 11) is 1.44. The first-order valence-corrected chi connectivity index (χ1v) is 6.37. The fourth-order valence-electron chi connectivity index (χ4n) is 1.71. The molecular weight excluding hydrogens is 313 g/mol. The lowest BCUT2D eigenvalue weighted by atomic mass is 10.0. The predicted octanol–water partition coefficient (Wildman–Crippen LogP) is 3.42. The highest BCUT2D eigenvalue weighted by Gasteiger charge is 2.15. The lowest BCUT2D eigenvalue weighted by molar-refractivity contribution is 0.0988. The molecular formula is C14H11BrFNO2. The van der Waals surface area contributed by atoms with Crippen LogP contribution in [0.2, 0.25) is 0 Å². The molecule has 0 aliphatic heterocycles. The minimum absolute atomic E-state index is 0.0344. The Labute approximate surface area is 118 Å². The van der Waals surface area contributed by atoms with Crippen LogP contribution in [0, 0.1) is 5.82 Å². The molecule has 98 valence electrons. The number of methoxy groups -OCH3 is 1. The molecule has 19 heavy (non-hydrogen) atoms. The average Bonchev–Trinajstić information content (AvgIpc) is 2.42. The van der Waals surface area contributed by atoms with E-state index in [9.17, 15) is 9.18 Å². The molecule has 1 heterocycles. The number of ketones is 1. The first-order chi connectivity index (χ1) is 9.11. The van der Waals surface area contributed by atoms with Crippen LogP contribution in [0.15, 0.2) is 41.0 Å². The molecule has 3 nitrogen and oxygen atoms in total. The number of benzene rings is 1. The summed E-state index contributed by atoms with van der Waals surface area (Å²) in [6.45, 7) is 0. The highest BCUT2D eigenvalue weighted by atomic mass is 79.9. The van der Waals surface area contributed by atoms with Crippen LogP contribution in [0.5, 0.6) is 5.88 Å². The van der Waals surface area contributed by atoms with Crippen molar-refractivity contribution in [2.75, 3.05) is 7.11 Å². The number of pyridine rings is 1. The van der Waals surface area contributed by atoms with Gasteiger partial charge in [0.1, 0.15) is 5.82 Å². The monoisotopic (exact) mass is 323 g/mol. The number of carbonyl (C=O) groups excluding carboxylic acids is 1. The number of ether oxygens (including phenoxy) is 1. The molecule has 0 spiro atoms. The number of nitrogens with zero attached hydrogens (tertiary/aromatic N) is 1. The van der Waals surface area contributed by atoms with Crippen LogP contribution in [-0.2, 0) is 6.42 Å². The van der Waals surface area contributed by atoms with E-state index in [1.165, 1.54) is 19.4 Å². The van der Waals surface area contributed by atoms with E-state index in [-0.39, 0.29) is 18.1 Å². The largest absolute Gasteiger partial charge is 0.480 e. The molecule has 0 N–H and O–H groups in total. The Morgan fingerprint density at radius 2 is 2.21 bits per heavy atom. The van der Waals surface area contributed by atoms with E-state index in [1.54, 1.807) is 24.3 Å². The zero-order valence-electron chi connectivity index (χ0n) is 10.2. The number of hydrogen-bond donors (Lipinski definition) is 0. The molecule has 0 aliphatic rings. The molecule has 5 heteroatoms. The normalized spacial score (nSPS) is 10.3. The highest BCUT2D eigenvalue weighted by molar-refractivity contribution is 9.10. The molecule has 0 aliphatic carbocycles. The predicted molar refractivity (Wildman–Crippen MR) is 72.9 cm³/mol. The van der Waals surface area contributed by atoms with Crippen molar-refractivity contribution in [1.29, 1.82) is 0 Å². The van der Waals surface area contributed by atoms with Crippen molar-refractivity contribution in [3.63, 3.8) is 0 Å². The van der Waals surface area contributed by atoms with Crippen LogP contribution < -0.4 is 4.74 Å². The number of hydrogen-bond acceptors (Lipinski definition) is 3. The summed E-state index contributed by atoms with van der Waals surface area (Å²) >= 11 is 3.26. The van der Waals surface area contributed by atoms with Crippen molar-refractivity contribution in [1.82, 2.24) is 4.98 Å². The molecule has 0 saturated heterocycles. The van der Waals surface area contributed by atoms with Gasteiger partial charge in [0.05, 0.1) is 12.7 Å². The van der Waals surface area contributed by atoms with Gasteiger partial charge in [0, 0.05) is 17.1 Å². The molecule has 1 aromatic carbocycles. The number of halogens is 2. The summed E-state index contributed by atoms with van der Waals surface area (Å²) in [4.78, 5) is 16.1. The van der Waals surface area contributed by atoms with Crippen molar-refractivity contribution in [3.05, 3.63) is 57.9 Å². The molecule has 2 aromatic rings. The Kier molecular flexibility index (Phi) is 4.27. The molecule has 0 unspecified atom stereocenters. The van der Waals surface area contributed by atoms with E-state index in [4.69, 9.17) is 4.74 Å². The molecule has 0 bridgehead atoms. The van der Waals surface area contributed by atoms with Crippen LogP contribution in [-0.4, -0.2) is 17.9 Å². The van der Waals surface area contributed by atoms with Crippen LogP contribution in [0.3, 0.4) is 0 Å². The molecule has 0 saturated carbocycles. The zero-order chi connectivity index (χ0) is 13.8. The maximum absolute atomic E-state index is 13.6. The van der Waals surface area contributed by atoms with Gasteiger partial charge in [-0.25, -0.2) is 9.37 Å². The third-order valence-corrected chi connectivity index (χ3v) is 3.12. The minimum Gasteiger partial charge on any atom is -0.480 e. The minimum atomic E-state index is -0.403. The fraction of sp³-hybridized carbons (Fsp3) is 0.143. The van der Waals surface area contributed by atoms with Crippen molar-refractivity contribution in [2.45, 2.75) is 6.42 Å². The van der Waals surface area contributed by atoms with Gasteiger partial charge in [0.2, 0.25) is 5.88 Å². The quantitative estimate of drug-likeness (QED) is 0.809. The Balaban J connectivity index is 2.28. The molecule has 0 atom stereocenters. The van der Waals surface area contributed by atoms with Crippen LogP contribution in [0.1, 0.15) is 15.9 Å². The Morgan fingerprint density at radius 3 is 2.95 bits per heavy atom. The highest BCUT2D eigenvalue weighted by Crippen LogP contribution is 2.20. The summed E-state index contributed by atoms with van der Waals surface area (Å²) in [5, 5.41) is 0. The summed E-state index contributed by atoms with van der Waals surface area (Å²) in [5.41, 5.74) is 0.689. The second-order valence-electron chi connectivity index (χ2n) is 3.90. The zero-order valence-corrected chi connectivity index (χ0v) is 11.8. The third kappa shape index (κ3) is 3.17. The van der Waals surface area contributed by atoms with Gasteiger partial charge < -0.3 is 4.74 Å². The van der Waals surface area contributed by atoms with Gasteiger partial charge in [-0.1, -0.05) is 15.9 Å². The molecule has 0 fully saturated rings. The number of carbonyl (C=O) groups is 1. The number of aromatic nitrogens is 1. The lowest BCUT2D eigenvalue weighted by Crippen LogP contribution is -2.08. The van der Waals surface area contributed by atoms with E-state index in [0.29, 0.717) is 11.1 Å². The Bertz CT molecular complexity index is 616. The van der Waals surface area contributed by atoms with Gasteiger partial charge in [-0.15, -0.1) is 0 Å². The Morgan fingerprint density at radius 1 is 1.42 bits per heavy atom. The van der Waals surface area contributed by atoms with Gasteiger partial charge >= 0.3 is 0 Å². The summed E-state index contributed by atoms with van der Waals surface area (Å²) < 4.78 is 19.4. The van der Waals surface area contributed by atoms with Gasteiger partial charge in [-0.3, -0.25) is 4.79 Å². The van der Waals surface area contributed by atoms with Crippen LogP contribution >= 0.6 is 15.9 Å². The van der Waals surface area contributed by atoms with E-state index in [1.807, 2.05) is 0 Å². The fourth-order valence-corrected chi connectivity index (χ4v) is 2.12. The van der Waals surface area contributed by atoms with Crippen molar-refractivity contribution < 1.29 is 13.9 Å². The molecule has 0 radical (unpaired) electrons. The van der Waals surface area contributed by atoms with Gasteiger partial charge in [0.25, 0.3) is 0 Å². The van der Waals surface area contributed by atoms with E-state index >= 15 is 0 Å². The standard InChI is InChI=1S/C14H11BrFNO2/c1-19-14-11(3-2-6-17-14)13(18)8-9-7-10(15)4-5-12(9)16/h2-7H,8H2,1H3. The van der Waals surface area contributed by atoms with Crippen LogP contribution in [0.4, 0.5) is 4.39 Å². The van der Waals surface area contributed by atoms with E-state index in [0.717, 1.165) is 4.47 Å². The summed E-state index contributed by atoms with van der Waals surface area (Å²) in [6.07, 6.45) is 1.50. The molecule has 0 amide bonds. The second-order valence-corrected chi connectivity index (χ2v) is 4.81. The van der Waals surface area contributed by atoms with Crippen molar-refractivity contribution >= 4 is 21.7 Å². The molecule has 2 rings (SSSR count). The van der Waals surface area contributed by atoms with E-state index in [2.05, 4.69) is 20.9 Å². The van der Waals surface area contributed by atoms with Gasteiger partial charge in [-0.2, -0.15) is 0 Å². The smallest absolute Gasteiger partial charge is 0.224 e. The number of Topliss-reactive ketones (excluding diaryl/α,β-unsaturated/α-hetero) is 1. The Hall–Kier alpha value is -1.75. The van der Waals surface area contributed by atoms with E-state index < -0.39 is 5.82 Å². The maximum atomic E-state index is 13.6. The average molecular weight is 324 g/mol. The second kappa shape index (κ2) is 5.93. The SMILES string of the molecule is COc1ncccc1C(=O)Cc1cc(Br)ccc1F.